The van der Waals surface area contributed by atoms with Gasteiger partial charge < -0.3 is 4.74 Å². The van der Waals surface area contributed by atoms with Crippen molar-refractivity contribution in [2.24, 2.45) is 5.10 Å². The monoisotopic (exact) mass is 223 g/mol. The first-order valence-electron chi connectivity index (χ1n) is 4.81. The van der Waals surface area contributed by atoms with Crippen LogP contribution in [-0.4, -0.2) is 17.4 Å². The predicted molar refractivity (Wildman–Crippen MR) is 61.5 cm³/mol. The van der Waals surface area contributed by atoms with Crippen molar-refractivity contribution in [1.29, 1.82) is 0 Å². The molecule has 1 rings (SSSR count). The summed E-state index contributed by atoms with van der Waals surface area (Å²) in [6.45, 7) is 4.14. The van der Waals surface area contributed by atoms with Crippen molar-refractivity contribution < 1.29 is 9.66 Å². The smallest absolute Gasteiger partial charge is 0.269 e. The fourth-order valence-corrected chi connectivity index (χ4v) is 1.04. The van der Waals surface area contributed by atoms with Gasteiger partial charge in [-0.2, -0.15) is 0 Å². The summed E-state index contributed by atoms with van der Waals surface area (Å²) in [7, 11) is 0. The molecule has 0 aliphatic heterocycles. The van der Waals surface area contributed by atoms with Gasteiger partial charge in [-0.25, -0.2) is 0 Å². The zero-order chi connectivity index (χ0) is 12.0. The van der Waals surface area contributed by atoms with Gasteiger partial charge in [-0.05, 0) is 19.1 Å². The second kappa shape index (κ2) is 5.69. The van der Waals surface area contributed by atoms with Gasteiger partial charge in [0.2, 0.25) is 5.90 Å². The van der Waals surface area contributed by atoms with Crippen LogP contribution in [0.15, 0.2) is 29.4 Å². The maximum Gasteiger partial charge on any atom is 0.269 e. The van der Waals surface area contributed by atoms with Crippen molar-refractivity contribution in [3.05, 3.63) is 34.4 Å². The average molecular weight is 223 g/mol. The van der Waals surface area contributed by atoms with E-state index in [1.54, 1.807) is 19.1 Å². The minimum absolute atomic E-state index is 0.0519. The Bertz CT molecular complexity index is 387. The molecule has 6 heteroatoms. The molecule has 0 radical (unpaired) electrons. The number of nitro groups is 1. The minimum Gasteiger partial charge on any atom is -0.480 e. The van der Waals surface area contributed by atoms with Crippen LogP contribution in [0.2, 0.25) is 0 Å². The van der Waals surface area contributed by atoms with Crippen molar-refractivity contribution in [3.8, 4) is 0 Å². The van der Waals surface area contributed by atoms with Gasteiger partial charge in [0.1, 0.15) is 0 Å². The minimum atomic E-state index is -0.446. The van der Waals surface area contributed by atoms with Crippen molar-refractivity contribution in [2.75, 3.05) is 12.0 Å². The van der Waals surface area contributed by atoms with E-state index in [1.165, 1.54) is 12.1 Å². The number of anilines is 1. The molecular weight excluding hydrogens is 210 g/mol. The number of benzene rings is 1. The van der Waals surface area contributed by atoms with Crippen LogP contribution < -0.4 is 5.43 Å². The molecule has 0 amide bonds. The first-order chi connectivity index (χ1) is 7.63. The van der Waals surface area contributed by atoms with Gasteiger partial charge in [-0.15, -0.1) is 5.10 Å². The van der Waals surface area contributed by atoms with E-state index in [9.17, 15) is 10.1 Å². The lowest BCUT2D eigenvalue weighted by Crippen LogP contribution is -2.02. The Morgan fingerprint density at radius 1 is 1.50 bits per heavy atom. The fraction of sp³-hybridized carbons (Fsp3) is 0.300. The number of non-ortho nitro benzene ring substituents is 1. The number of hydrazone groups is 1. The third kappa shape index (κ3) is 3.56. The van der Waals surface area contributed by atoms with Gasteiger partial charge in [0.25, 0.3) is 5.69 Å². The van der Waals surface area contributed by atoms with Gasteiger partial charge in [0, 0.05) is 19.1 Å². The molecule has 0 aliphatic rings. The van der Waals surface area contributed by atoms with Crippen molar-refractivity contribution in [1.82, 2.24) is 0 Å². The van der Waals surface area contributed by atoms with E-state index in [-0.39, 0.29) is 5.69 Å². The van der Waals surface area contributed by atoms with Crippen LogP contribution in [0.1, 0.15) is 13.8 Å². The Kier molecular flexibility index (Phi) is 4.26. The normalized spacial score (nSPS) is 11.0. The molecule has 0 aliphatic carbocycles. The highest BCUT2D eigenvalue weighted by Crippen LogP contribution is 2.15. The summed E-state index contributed by atoms with van der Waals surface area (Å²) in [5.41, 5.74) is 3.46. The van der Waals surface area contributed by atoms with Crippen molar-refractivity contribution in [2.45, 2.75) is 13.8 Å². The lowest BCUT2D eigenvalue weighted by Gasteiger charge is -2.03. The molecule has 1 aromatic rings. The summed E-state index contributed by atoms with van der Waals surface area (Å²) in [5.74, 6) is 0.515. The van der Waals surface area contributed by atoms with Crippen LogP contribution in [0.5, 0.6) is 0 Å². The third-order valence-electron chi connectivity index (χ3n) is 1.77. The lowest BCUT2D eigenvalue weighted by molar-refractivity contribution is -0.384. The van der Waals surface area contributed by atoms with Gasteiger partial charge in [0.15, 0.2) is 0 Å². The number of hydrogen-bond donors (Lipinski definition) is 1. The van der Waals surface area contributed by atoms with E-state index in [4.69, 9.17) is 4.74 Å². The molecule has 1 N–H and O–H groups in total. The standard InChI is InChI=1S/C10H13N3O3/c1-3-16-8(2)11-12-9-4-6-10(7-5-9)13(14)15/h4-7,12H,3H2,1-2H3. The van der Waals surface area contributed by atoms with E-state index in [1.807, 2.05) is 6.92 Å². The molecule has 0 fully saturated rings. The molecule has 16 heavy (non-hydrogen) atoms. The van der Waals surface area contributed by atoms with E-state index < -0.39 is 4.92 Å². The van der Waals surface area contributed by atoms with Crippen LogP contribution in [0.3, 0.4) is 0 Å². The summed E-state index contributed by atoms with van der Waals surface area (Å²) in [6.07, 6.45) is 0. The number of nitrogens with zero attached hydrogens (tertiary/aromatic N) is 2. The molecule has 0 saturated carbocycles. The highest BCUT2D eigenvalue weighted by Gasteiger charge is 2.02. The summed E-state index contributed by atoms with van der Waals surface area (Å²) in [4.78, 5) is 9.96. The number of hydrogen-bond acceptors (Lipinski definition) is 5. The molecule has 0 heterocycles. The Balaban J connectivity index is 2.62. The SMILES string of the molecule is CCOC(C)=NNc1ccc([N+](=O)[O-])cc1. The second-order valence-electron chi connectivity index (χ2n) is 2.98. The number of nitrogens with one attached hydrogen (secondary N) is 1. The molecule has 1 aromatic carbocycles. The van der Waals surface area contributed by atoms with Crippen LogP contribution in [0, 0.1) is 10.1 Å². The summed E-state index contributed by atoms with van der Waals surface area (Å²) in [6, 6.07) is 5.99. The first kappa shape index (κ1) is 12.0. The average Bonchev–Trinajstić information content (AvgIpc) is 2.27. The van der Waals surface area contributed by atoms with Gasteiger partial charge >= 0.3 is 0 Å². The molecule has 0 aromatic heterocycles. The van der Waals surface area contributed by atoms with E-state index in [0.29, 0.717) is 18.2 Å². The Morgan fingerprint density at radius 3 is 2.62 bits per heavy atom. The quantitative estimate of drug-likeness (QED) is 0.368. The van der Waals surface area contributed by atoms with Crippen LogP contribution >= 0.6 is 0 Å². The molecule has 0 spiro atoms. The van der Waals surface area contributed by atoms with Crippen LogP contribution in [0.25, 0.3) is 0 Å². The molecule has 0 unspecified atom stereocenters. The lowest BCUT2D eigenvalue weighted by atomic mass is 10.3. The highest BCUT2D eigenvalue weighted by atomic mass is 16.6. The Labute approximate surface area is 93.1 Å². The largest absolute Gasteiger partial charge is 0.480 e. The maximum atomic E-state index is 10.4. The molecule has 0 atom stereocenters. The van der Waals surface area contributed by atoms with Crippen molar-refractivity contribution >= 4 is 17.3 Å². The maximum absolute atomic E-state index is 10.4. The summed E-state index contributed by atoms with van der Waals surface area (Å²) in [5, 5.41) is 14.3. The topological polar surface area (TPSA) is 76.8 Å². The molecule has 0 saturated heterocycles. The van der Waals surface area contributed by atoms with Crippen LogP contribution in [0.4, 0.5) is 11.4 Å². The fourth-order valence-electron chi connectivity index (χ4n) is 1.04. The van der Waals surface area contributed by atoms with E-state index in [2.05, 4.69) is 10.5 Å². The van der Waals surface area contributed by atoms with Gasteiger partial charge in [-0.3, -0.25) is 15.5 Å². The summed E-state index contributed by atoms with van der Waals surface area (Å²) >= 11 is 0. The molecule has 0 bridgehead atoms. The third-order valence-corrected chi connectivity index (χ3v) is 1.77. The Hall–Kier alpha value is -2.11. The summed E-state index contributed by atoms with van der Waals surface area (Å²) < 4.78 is 5.10. The van der Waals surface area contributed by atoms with Gasteiger partial charge in [0.05, 0.1) is 17.2 Å². The zero-order valence-corrected chi connectivity index (χ0v) is 9.14. The predicted octanol–water partition coefficient (Wildman–Crippen LogP) is 2.38. The first-order valence-corrected chi connectivity index (χ1v) is 4.81. The Morgan fingerprint density at radius 2 is 2.12 bits per heavy atom. The highest BCUT2D eigenvalue weighted by molar-refractivity contribution is 5.74. The number of rotatable bonds is 4. The van der Waals surface area contributed by atoms with Crippen LogP contribution in [-0.2, 0) is 4.74 Å². The molecule has 6 nitrogen and oxygen atoms in total. The number of nitro benzene ring substituents is 1. The zero-order valence-electron chi connectivity index (χ0n) is 9.14. The van der Waals surface area contributed by atoms with Gasteiger partial charge in [-0.1, -0.05) is 0 Å². The number of ether oxygens (including phenoxy) is 1. The van der Waals surface area contributed by atoms with E-state index >= 15 is 0 Å². The molecular formula is C10H13N3O3. The van der Waals surface area contributed by atoms with E-state index in [0.717, 1.165) is 0 Å². The second-order valence-corrected chi connectivity index (χ2v) is 2.98. The molecule has 86 valence electrons. The van der Waals surface area contributed by atoms with Crippen molar-refractivity contribution in [3.63, 3.8) is 0 Å².